The van der Waals surface area contributed by atoms with Crippen LogP contribution in [-0.2, 0) is 70.0 Å². The number of amides is 6. The first-order valence-electron chi connectivity index (χ1n) is 47.3. The largest absolute Gasteiger partial charge is 0.493 e. The molecule has 0 bridgehead atoms. The SMILES string of the molecule is CC(=O)c1ccc(N/N=C/c2ccccc2S(=O)(=O)O)nc1.COC(=O)[C@@H](CCCCNB(C)O)N1CC[C@@](C)(c2ccc(Oc3ccc(OC)c(OC)c3)cc2)C1=O.COc1ccc(Oc2ccc([C@]3(C)CCN([C@H](CCCCN)C(=O)NO)C3=O)cc2)cc1OC.COc1ccc(Oc2ccc([C@]3(C)CCN([C@H](CCCCNC(=O)c4ccc(N/N=C/c5ccccc5S(=O)(=O)O)nc4)C(=O)NO)C3=O)cc2)cc1OC. The van der Waals surface area contributed by atoms with Gasteiger partial charge in [0.25, 0.3) is 38.0 Å². The lowest BCUT2D eigenvalue weighted by molar-refractivity contribution is -0.152. The Hall–Kier alpha value is -15.2. The fourth-order valence-corrected chi connectivity index (χ4v) is 18.2. The number of hydroxylamine groups is 2. The van der Waals surface area contributed by atoms with Gasteiger partial charge in [-0.2, -0.15) is 27.0 Å². The number of esters is 1. The molecule has 6 atom stereocenters. The summed E-state index contributed by atoms with van der Waals surface area (Å²) in [5.41, 5.74) is 15.4. The number of benzene rings is 8. The van der Waals surface area contributed by atoms with Crippen LogP contribution in [-0.4, -0.2) is 240 Å². The van der Waals surface area contributed by atoms with E-state index in [0.29, 0.717) is 164 Å². The Morgan fingerprint density at radius 1 is 0.453 bits per heavy atom. The van der Waals surface area contributed by atoms with Crippen LogP contribution in [0.5, 0.6) is 69.0 Å². The Morgan fingerprint density at radius 2 is 0.791 bits per heavy atom. The van der Waals surface area contributed by atoms with Crippen LogP contribution in [0.4, 0.5) is 11.6 Å². The van der Waals surface area contributed by atoms with E-state index in [9.17, 15) is 75.2 Å². The van der Waals surface area contributed by atoms with Gasteiger partial charge in [0.05, 0.1) is 84.0 Å². The molecule has 0 saturated carbocycles. The standard InChI is InChI=1S/C38H42N6O10S.C27H37BN2O7.C25H33N3O6.C14H13N3O4S/c1-38(27-12-14-28(15-13-27)54-29-16-17-31(52-2)32(22-29)53-3)19-21-44(37(38)47)30(36(46)43-48)9-6-7-20-39-35(45)26-11-18-34(40-23-26)42-41-24-25-8-4-5-10-33(25)55(49,50)51;1-27(15-17-30(26(27)32)22(25(31)36-5)8-6-7-16-29-28(2)33)19-9-11-20(12-10-19)37-21-13-14-23(34-3)24(18-21)35-4;1-25(13-15-28(24(25)30)20(23(29)27-31)6-4-5-14-26)17-7-9-18(10-8-17)34-19-11-12-21(32-2)22(16-19)33-3;1-10(18)11-6-7-14(15-8-11)17-16-9-12-4-2-3-5-13(12)22(19,20)21/h4-5,8,10-18,22-24,30,48H,6-7,9,19-21H2,1-3H3,(H,39,45)(H,40,42)(H,43,46)(H,49,50,51);9-14,18,22,29,33H,6-8,15-17H2,1-5H3;7-12,16,20,31H,4-6,13-15,26H2,1-3H3,(H,27,29);2-9H,1H3,(H,15,17)(H,19,20,21)/b41-24+;;;16-9+/t30-,38+;22-,27+;20-,25+;/m111./s1. The summed E-state index contributed by atoms with van der Waals surface area (Å²) >= 11 is 0. The molecule has 3 fully saturated rings. The number of methoxy groups -OCH3 is 7. The molecule has 44 heteroatoms. The monoisotopic (exact) mass is 2080 g/mol. The third-order valence-corrected chi connectivity index (χ3v) is 27.1. The number of anilines is 2. The number of likely N-dealkylation sites (tertiary alicyclic amines) is 3. The lowest BCUT2D eigenvalue weighted by atomic mass is 9.81. The maximum absolute atomic E-state index is 13.8. The lowest BCUT2D eigenvalue weighted by Gasteiger charge is -2.29. The molecule has 3 aliphatic rings. The van der Waals surface area contributed by atoms with E-state index in [4.69, 9.17) is 57.7 Å². The highest BCUT2D eigenvalue weighted by atomic mass is 32.2. The zero-order valence-corrected chi connectivity index (χ0v) is 85.8. The summed E-state index contributed by atoms with van der Waals surface area (Å²) in [4.78, 5) is 115. The maximum atomic E-state index is 13.8. The van der Waals surface area contributed by atoms with Crippen LogP contribution in [0.15, 0.2) is 233 Å². The maximum Gasteiger partial charge on any atom is 0.373 e. The average molecular weight is 2080 g/mol. The number of ether oxygens (including phenoxy) is 10. The number of hydrogen-bond donors (Lipinski definition) is 12. The molecule has 0 spiro atoms. The summed E-state index contributed by atoms with van der Waals surface area (Å²) in [6.45, 7) is 11.4. The van der Waals surface area contributed by atoms with Gasteiger partial charge in [-0.15, -0.1) is 0 Å². The van der Waals surface area contributed by atoms with Crippen molar-refractivity contribution in [3.63, 3.8) is 0 Å². The summed E-state index contributed by atoms with van der Waals surface area (Å²) in [5.74, 6) is 5.09. The van der Waals surface area contributed by atoms with Crippen molar-refractivity contribution < 1.29 is 127 Å². The number of nitrogens with zero attached hydrogens (tertiary/aromatic N) is 7. The normalized spacial score (nSPS) is 16.4. The van der Waals surface area contributed by atoms with Gasteiger partial charge in [-0.3, -0.25) is 63.9 Å². The third-order valence-electron chi connectivity index (χ3n) is 25.3. The highest BCUT2D eigenvalue weighted by Gasteiger charge is 2.51. The van der Waals surface area contributed by atoms with Crippen LogP contribution in [0.1, 0.15) is 153 Å². The van der Waals surface area contributed by atoms with E-state index in [0.717, 1.165) is 36.0 Å². The molecule has 41 nitrogen and oxygen atoms in total. The molecule has 3 aliphatic heterocycles. The van der Waals surface area contributed by atoms with Crippen LogP contribution in [0.25, 0.3) is 0 Å². The predicted molar refractivity (Wildman–Crippen MR) is 551 cm³/mol. The molecule has 2 aromatic heterocycles. The number of nitrogens with two attached hydrogens (primary N) is 1. The van der Waals surface area contributed by atoms with Gasteiger partial charge in [0, 0.05) is 73.5 Å². The van der Waals surface area contributed by atoms with Crippen molar-refractivity contribution in [2.24, 2.45) is 15.9 Å². The molecule has 3 saturated heterocycles. The first-order chi connectivity index (χ1) is 70.8. The molecule has 0 radical (unpaired) electrons. The fourth-order valence-electron chi connectivity index (χ4n) is 16.8. The number of pyridine rings is 2. The van der Waals surface area contributed by atoms with Crippen molar-refractivity contribution in [3.05, 3.63) is 252 Å². The van der Waals surface area contributed by atoms with Crippen LogP contribution in [0.2, 0.25) is 6.82 Å². The summed E-state index contributed by atoms with van der Waals surface area (Å²) in [7, 11) is 1.40. The third kappa shape index (κ3) is 30.5. The number of hydrazone groups is 2. The highest BCUT2D eigenvalue weighted by Crippen LogP contribution is 2.44. The molecule has 0 aliphatic carbocycles. The van der Waals surface area contributed by atoms with Crippen molar-refractivity contribution in [2.75, 3.05) is 99.9 Å². The predicted octanol–water partition coefficient (Wildman–Crippen LogP) is 12.9. The number of nitrogens with one attached hydrogen (secondary N) is 6. The molecule has 788 valence electrons. The second-order valence-corrected chi connectivity index (χ2v) is 37.8. The van der Waals surface area contributed by atoms with Crippen molar-refractivity contribution >= 4 is 98.5 Å². The van der Waals surface area contributed by atoms with E-state index >= 15 is 0 Å². The Balaban J connectivity index is 0.000000212. The summed E-state index contributed by atoms with van der Waals surface area (Å²) < 4.78 is 119. The Morgan fingerprint density at radius 3 is 1.11 bits per heavy atom. The summed E-state index contributed by atoms with van der Waals surface area (Å²) in [5, 5.41) is 41.6. The molecule has 13 N–H and O–H groups in total. The Bertz CT molecular complexity index is 6500. The second kappa shape index (κ2) is 54.3. The summed E-state index contributed by atoms with van der Waals surface area (Å²) in [6.07, 6.45) is 12.0. The van der Waals surface area contributed by atoms with E-state index in [-0.39, 0.29) is 74.7 Å². The Kier molecular flexibility index (Phi) is 42.1. The van der Waals surface area contributed by atoms with E-state index in [2.05, 4.69) is 41.6 Å². The Labute approximate surface area is 859 Å². The van der Waals surface area contributed by atoms with Crippen molar-refractivity contribution in [2.45, 2.75) is 156 Å². The number of rotatable bonds is 46. The minimum Gasteiger partial charge on any atom is -0.493 e. The number of unbranched alkanes of at least 4 members (excludes halogenated alkanes) is 3. The smallest absolute Gasteiger partial charge is 0.373 e. The molecular weight excluding hydrogens is 1950 g/mol. The van der Waals surface area contributed by atoms with Gasteiger partial charge in [0.2, 0.25) is 17.7 Å². The van der Waals surface area contributed by atoms with Gasteiger partial charge >= 0.3 is 13.0 Å². The first kappa shape index (κ1) is 115. The number of carbonyl (C=O) groups is 8. The van der Waals surface area contributed by atoms with Gasteiger partial charge in [0.1, 0.15) is 74.0 Å². The van der Waals surface area contributed by atoms with Crippen LogP contribution in [0, 0.1) is 0 Å². The topological polar surface area (TPSA) is 557 Å². The molecule has 6 amide bonds. The highest BCUT2D eigenvalue weighted by molar-refractivity contribution is 7.86. The first-order valence-corrected chi connectivity index (χ1v) is 50.2. The number of ketones is 1. The number of aromatic nitrogens is 2. The van der Waals surface area contributed by atoms with Crippen LogP contribution in [0.3, 0.4) is 0 Å². The minimum absolute atomic E-state index is 0.0847. The summed E-state index contributed by atoms with van der Waals surface area (Å²) in [6, 6.07) is 53.5. The van der Waals surface area contributed by atoms with Crippen LogP contribution >= 0.6 is 0 Å². The van der Waals surface area contributed by atoms with Crippen molar-refractivity contribution in [1.82, 2.24) is 46.2 Å². The van der Waals surface area contributed by atoms with E-state index < -0.39 is 79.4 Å². The zero-order valence-electron chi connectivity index (χ0n) is 84.1. The van der Waals surface area contributed by atoms with Gasteiger partial charge in [-0.05, 0) is 251 Å². The number of Topliss-reactive ketones (excluding diaryl/α,β-unsaturated/α-hetero) is 1. The molecule has 13 rings (SSSR count). The van der Waals surface area contributed by atoms with Crippen LogP contribution < -0.4 is 80.7 Å². The molecule has 0 unspecified atom stereocenters. The quantitative estimate of drug-likeness (QED) is 0.00246. The molecular formula is C104H125BN14O27S2. The molecule has 8 aromatic carbocycles. The number of carbonyl (C=O) groups excluding carboxylic acids is 8. The van der Waals surface area contributed by atoms with Gasteiger partial charge in [-0.25, -0.2) is 25.7 Å². The van der Waals surface area contributed by atoms with Gasteiger partial charge < -0.3 is 83.4 Å². The van der Waals surface area contributed by atoms with Crippen molar-refractivity contribution in [1.29, 1.82) is 0 Å². The second-order valence-electron chi connectivity index (χ2n) is 35.0. The molecule has 5 heterocycles. The fraction of sp³-hybridized carbons (Fsp3) is 0.346. The van der Waals surface area contributed by atoms with E-state index in [1.54, 1.807) is 154 Å². The minimum atomic E-state index is -4.43. The molecule has 148 heavy (non-hydrogen) atoms. The van der Waals surface area contributed by atoms with Crippen molar-refractivity contribution in [3.8, 4) is 69.0 Å². The van der Waals surface area contributed by atoms with Gasteiger partial charge in [0.15, 0.2) is 40.3 Å². The lowest BCUT2D eigenvalue weighted by Crippen LogP contribution is -2.49. The zero-order chi connectivity index (χ0) is 107. The van der Waals surface area contributed by atoms with E-state index in [1.165, 1.54) is 99.4 Å². The number of hydrogen-bond acceptors (Lipinski definition) is 33. The molecule has 10 aromatic rings. The van der Waals surface area contributed by atoms with Gasteiger partial charge in [-0.1, -0.05) is 72.8 Å². The van der Waals surface area contributed by atoms with E-state index in [1.807, 2.05) is 81.4 Å². The average Bonchev–Trinajstić information content (AvgIpc) is 1.64.